The molecule has 2 N–H and O–H groups in total. The highest BCUT2D eigenvalue weighted by Gasteiger charge is 2.23. The predicted octanol–water partition coefficient (Wildman–Crippen LogP) is 4.20. The normalized spacial score (nSPS) is 13.3. The van der Waals surface area contributed by atoms with Crippen LogP contribution in [0, 0.1) is 0 Å². The van der Waals surface area contributed by atoms with E-state index in [0.29, 0.717) is 11.3 Å². The molecule has 0 bridgehead atoms. The van der Waals surface area contributed by atoms with Gasteiger partial charge in [-0.2, -0.15) is 0 Å². The highest BCUT2D eigenvalue weighted by atomic mass is 16.2. The summed E-state index contributed by atoms with van der Waals surface area (Å²) in [6.45, 7) is 3.65. The smallest absolute Gasteiger partial charge is 0.323 e. The molecule has 1 heterocycles. The topological polar surface area (TPSA) is 64.7 Å². The number of aryl methyl sites for hydroxylation is 1. The molecule has 2 aromatic carbocycles. The number of amides is 3. The molecule has 3 amide bonds. The lowest BCUT2D eigenvalue weighted by molar-refractivity contribution is 0.0793. The molecule has 148 valence electrons. The standard InChI is InChI=1S/C22H28N4O2/c1-4-16-8-7-9-17(14-16)23-22(28)24-18-10-11-20(25(2)3)19(15-18)21(27)26-12-5-6-13-26/h7-11,14-15H,4-6,12-13H2,1-3H3,(H2,23,24,28). The first kappa shape index (κ1) is 19.7. The Morgan fingerprint density at radius 1 is 1.00 bits per heavy atom. The number of hydrogen-bond donors (Lipinski definition) is 2. The van der Waals surface area contributed by atoms with E-state index in [0.717, 1.165) is 49.3 Å². The van der Waals surface area contributed by atoms with Gasteiger partial charge in [-0.15, -0.1) is 0 Å². The first-order valence-corrected chi connectivity index (χ1v) is 9.75. The summed E-state index contributed by atoms with van der Waals surface area (Å²) in [4.78, 5) is 29.1. The first-order valence-electron chi connectivity index (χ1n) is 9.75. The van der Waals surface area contributed by atoms with E-state index < -0.39 is 0 Å². The van der Waals surface area contributed by atoms with Crippen molar-refractivity contribution >= 4 is 29.0 Å². The molecule has 0 radical (unpaired) electrons. The van der Waals surface area contributed by atoms with Gasteiger partial charge in [-0.25, -0.2) is 4.79 Å². The molecule has 6 nitrogen and oxygen atoms in total. The number of nitrogens with zero attached hydrogens (tertiary/aromatic N) is 2. The van der Waals surface area contributed by atoms with Crippen LogP contribution in [0.5, 0.6) is 0 Å². The molecule has 0 aliphatic carbocycles. The van der Waals surface area contributed by atoms with Crippen LogP contribution >= 0.6 is 0 Å². The molecule has 0 unspecified atom stereocenters. The summed E-state index contributed by atoms with van der Waals surface area (Å²) >= 11 is 0. The molecule has 1 saturated heterocycles. The van der Waals surface area contributed by atoms with Crippen molar-refractivity contribution in [1.29, 1.82) is 0 Å². The van der Waals surface area contributed by atoms with Crippen LogP contribution in [-0.2, 0) is 6.42 Å². The molecule has 0 spiro atoms. The van der Waals surface area contributed by atoms with E-state index in [9.17, 15) is 9.59 Å². The lowest BCUT2D eigenvalue weighted by atomic mass is 10.1. The van der Waals surface area contributed by atoms with Crippen LogP contribution in [0.2, 0.25) is 0 Å². The van der Waals surface area contributed by atoms with Crippen molar-refractivity contribution < 1.29 is 9.59 Å². The maximum atomic E-state index is 12.9. The van der Waals surface area contributed by atoms with E-state index >= 15 is 0 Å². The summed E-state index contributed by atoms with van der Waals surface area (Å²) in [6.07, 6.45) is 2.99. The number of rotatable bonds is 5. The van der Waals surface area contributed by atoms with Crippen LogP contribution in [0.3, 0.4) is 0 Å². The second-order valence-electron chi connectivity index (χ2n) is 7.26. The second kappa shape index (κ2) is 8.78. The average Bonchev–Trinajstić information content (AvgIpc) is 3.22. The second-order valence-corrected chi connectivity index (χ2v) is 7.26. The summed E-state index contributed by atoms with van der Waals surface area (Å²) in [6, 6.07) is 12.9. The van der Waals surface area contributed by atoms with Crippen molar-refractivity contribution in [3.63, 3.8) is 0 Å². The molecule has 0 aromatic heterocycles. The summed E-state index contributed by atoms with van der Waals surface area (Å²) in [5, 5.41) is 5.69. The first-order chi connectivity index (χ1) is 13.5. The van der Waals surface area contributed by atoms with Gasteiger partial charge >= 0.3 is 6.03 Å². The maximum absolute atomic E-state index is 12.9. The van der Waals surface area contributed by atoms with E-state index in [4.69, 9.17) is 0 Å². The number of likely N-dealkylation sites (tertiary alicyclic amines) is 1. The minimum Gasteiger partial charge on any atom is -0.377 e. The average molecular weight is 380 g/mol. The van der Waals surface area contributed by atoms with Crippen LogP contribution in [0.25, 0.3) is 0 Å². The highest BCUT2D eigenvalue weighted by molar-refractivity contribution is 6.04. The van der Waals surface area contributed by atoms with Gasteiger partial charge in [0.15, 0.2) is 0 Å². The zero-order chi connectivity index (χ0) is 20.1. The van der Waals surface area contributed by atoms with E-state index in [1.54, 1.807) is 6.07 Å². The van der Waals surface area contributed by atoms with Gasteiger partial charge in [0.2, 0.25) is 0 Å². The fourth-order valence-corrected chi connectivity index (χ4v) is 3.43. The van der Waals surface area contributed by atoms with E-state index in [1.807, 2.05) is 60.3 Å². The number of urea groups is 1. The fourth-order valence-electron chi connectivity index (χ4n) is 3.43. The number of nitrogens with one attached hydrogen (secondary N) is 2. The molecule has 3 rings (SSSR count). The molecule has 1 aliphatic rings. The van der Waals surface area contributed by atoms with Gasteiger partial charge in [-0.3, -0.25) is 4.79 Å². The van der Waals surface area contributed by atoms with Crippen molar-refractivity contribution in [2.45, 2.75) is 26.2 Å². The van der Waals surface area contributed by atoms with Gasteiger partial charge < -0.3 is 20.4 Å². The van der Waals surface area contributed by atoms with Gasteiger partial charge in [-0.1, -0.05) is 19.1 Å². The van der Waals surface area contributed by atoms with E-state index in [2.05, 4.69) is 17.6 Å². The Labute approximate surface area is 166 Å². The van der Waals surface area contributed by atoms with E-state index in [1.165, 1.54) is 0 Å². The SMILES string of the molecule is CCc1cccc(NC(=O)Nc2ccc(N(C)C)c(C(=O)N3CCCC3)c2)c1. The molecular weight excluding hydrogens is 352 g/mol. The zero-order valence-electron chi connectivity index (χ0n) is 16.8. The molecule has 28 heavy (non-hydrogen) atoms. The lowest BCUT2D eigenvalue weighted by Crippen LogP contribution is -2.29. The van der Waals surface area contributed by atoms with Crippen LogP contribution in [0.4, 0.5) is 21.9 Å². The largest absolute Gasteiger partial charge is 0.377 e. The maximum Gasteiger partial charge on any atom is 0.323 e. The number of carbonyl (C=O) groups is 2. The summed E-state index contributed by atoms with van der Waals surface area (Å²) in [7, 11) is 3.83. The van der Waals surface area contributed by atoms with Crippen molar-refractivity contribution in [3.8, 4) is 0 Å². The van der Waals surface area contributed by atoms with Gasteiger partial charge in [0.25, 0.3) is 5.91 Å². The Bertz CT molecular complexity index is 857. The van der Waals surface area contributed by atoms with Crippen LogP contribution < -0.4 is 15.5 Å². The van der Waals surface area contributed by atoms with E-state index in [-0.39, 0.29) is 11.9 Å². The van der Waals surface area contributed by atoms with Gasteiger partial charge in [-0.05, 0) is 55.2 Å². The lowest BCUT2D eigenvalue weighted by Gasteiger charge is -2.22. The third-order valence-electron chi connectivity index (χ3n) is 4.95. The Hall–Kier alpha value is -3.02. The Morgan fingerprint density at radius 2 is 1.68 bits per heavy atom. The fraction of sp³-hybridized carbons (Fsp3) is 0.364. The summed E-state index contributed by atoms with van der Waals surface area (Å²) < 4.78 is 0. The van der Waals surface area contributed by atoms with Crippen molar-refractivity contribution in [2.24, 2.45) is 0 Å². The van der Waals surface area contributed by atoms with Gasteiger partial charge in [0.05, 0.1) is 5.56 Å². The van der Waals surface area contributed by atoms with Gasteiger partial charge in [0.1, 0.15) is 0 Å². The zero-order valence-corrected chi connectivity index (χ0v) is 16.8. The molecule has 0 atom stereocenters. The van der Waals surface area contributed by atoms with Crippen LogP contribution in [0.1, 0.15) is 35.7 Å². The third-order valence-corrected chi connectivity index (χ3v) is 4.95. The molecule has 0 saturated carbocycles. The minimum absolute atomic E-state index is 0.0147. The molecule has 6 heteroatoms. The van der Waals surface area contributed by atoms with Gasteiger partial charge in [0, 0.05) is 44.2 Å². The van der Waals surface area contributed by atoms with Crippen LogP contribution in [-0.4, -0.2) is 44.0 Å². The predicted molar refractivity (Wildman–Crippen MR) is 114 cm³/mol. The summed E-state index contributed by atoms with van der Waals surface area (Å²) in [5.41, 5.74) is 3.95. The number of benzene rings is 2. The molecular formula is C22H28N4O2. The Kier molecular flexibility index (Phi) is 6.19. The monoisotopic (exact) mass is 380 g/mol. The third kappa shape index (κ3) is 4.63. The van der Waals surface area contributed by atoms with Crippen molar-refractivity contribution in [2.75, 3.05) is 42.7 Å². The van der Waals surface area contributed by atoms with Crippen LogP contribution in [0.15, 0.2) is 42.5 Å². The minimum atomic E-state index is -0.328. The Balaban J connectivity index is 1.77. The quantitative estimate of drug-likeness (QED) is 0.817. The highest BCUT2D eigenvalue weighted by Crippen LogP contribution is 2.26. The van der Waals surface area contributed by atoms with Crippen molar-refractivity contribution in [3.05, 3.63) is 53.6 Å². The summed E-state index contributed by atoms with van der Waals surface area (Å²) in [5.74, 6) is 0.0147. The number of carbonyl (C=O) groups excluding carboxylic acids is 2. The molecule has 1 aliphatic heterocycles. The molecule has 2 aromatic rings. The molecule has 1 fully saturated rings. The van der Waals surface area contributed by atoms with Crippen molar-refractivity contribution in [1.82, 2.24) is 4.90 Å². The number of anilines is 3. The number of hydrogen-bond acceptors (Lipinski definition) is 3. The Morgan fingerprint density at radius 3 is 2.32 bits per heavy atom.